The normalized spacial score (nSPS) is 25.4. The van der Waals surface area contributed by atoms with Crippen LogP contribution < -0.4 is 0 Å². The van der Waals surface area contributed by atoms with Crippen LogP contribution in [0.3, 0.4) is 0 Å². The zero-order valence-electron chi connectivity index (χ0n) is 18.8. The molecule has 172 valence electrons. The first-order valence-electron chi connectivity index (χ1n) is 11.7. The summed E-state index contributed by atoms with van der Waals surface area (Å²) < 4.78 is 39.1. The first kappa shape index (κ1) is 21.4. The number of halogens is 1. The van der Waals surface area contributed by atoms with Crippen molar-refractivity contribution in [2.45, 2.75) is 36.6 Å². The Balaban J connectivity index is 1.39. The van der Waals surface area contributed by atoms with Crippen LogP contribution in [0.15, 0.2) is 86.3 Å². The Labute approximate surface area is 198 Å². The molecule has 2 aromatic carbocycles. The molecule has 4 aliphatic rings. The molecule has 0 radical (unpaired) electrons. The van der Waals surface area contributed by atoms with Gasteiger partial charge in [0.15, 0.2) is 15.4 Å². The summed E-state index contributed by atoms with van der Waals surface area (Å²) in [5, 5.41) is 0. The average molecular weight is 474 g/mol. The van der Waals surface area contributed by atoms with Crippen LogP contribution in [-0.4, -0.2) is 37.5 Å². The molecule has 2 heterocycles. The van der Waals surface area contributed by atoms with E-state index in [1.165, 1.54) is 37.5 Å². The maximum absolute atomic E-state index is 14.9. The van der Waals surface area contributed by atoms with Gasteiger partial charge >= 0.3 is 0 Å². The van der Waals surface area contributed by atoms with Crippen LogP contribution in [0.25, 0.3) is 11.1 Å². The van der Waals surface area contributed by atoms with Gasteiger partial charge in [0.2, 0.25) is 0 Å². The van der Waals surface area contributed by atoms with E-state index in [-0.39, 0.29) is 16.5 Å². The Morgan fingerprint density at radius 1 is 1.09 bits per heavy atom. The number of aliphatic imine (C=N–C) groups is 3. The maximum Gasteiger partial charge on any atom is 0.178 e. The van der Waals surface area contributed by atoms with Gasteiger partial charge in [-0.2, -0.15) is 0 Å². The van der Waals surface area contributed by atoms with E-state index in [1.54, 1.807) is 37.5 Å². The smallest absolute Gasteiger partial charge is 0.178 e. The van der Waals surface area contributed by atoms with Gasteiger partial charge in [0, 0.05) is 11.1 Å². The molecule has 0 saturated heterocycles. The highest BCUT2D eigenvalue weighted by molar-refractivity contribution is 7.91. The Kier molecular flexibility index (Phi) is 4.81. The second kappa shape index (κ2) is 7.67. The Bertz CT molecular complexity index is 1450. The third-order valence-electron chi connectivity index (χ3n) is 7.40. The van der Waals surface area contributed by atoms with Gasteiger partial charge in [0.05, 0.1) is 22.1 Å². The number of hydrogen-bond donors (Lipinski definition) is 0. The summed E-state index contributed by atoms with van der Waals surface area (Å²) >= 11 is 0. The topological polar surface area (TPSA) is 71.2 Å². The number of sulfone groups is 1. The lowest BCUT2D eigenvalue weighted by molar-refractivity contribution is 0.270. The van der Waals surface area contributed by atoms with Crippen molar-refractivity contribution >= 4 is 27.6 Å². The van der Waals surface area contributed by atoms with Crippen molar-refractivity contribution in [3.05, 3.63) is 77.8 Å². The van der Waals surface area contributed by atoms with Crippen molar-refractivity contribution in [2.24, 2.45) is 26.8 Å². The monoisotopic (exact) mass is 473 g/mol. The molecular formula is C27H24FN3O2S. The SMILES string of the molecule is CCS(=O)(=O)c1ccc(-c2cc(C3=NC4=CC(C5CCC5)C=CC45N=CN=C35)ccc2F)cc1. The van der Waals surface area contributed by atoms with Gasteiger partial charge in [-0.1, -0.05) is 37.6 Å². The largest absolute Gasteiger partial charge is 0.250 e. The van der Waals surface area contributed by atoms with Crippen LogP contribution >= 0.6 is 0 Å². The van der Waals surface area contributed by atoms with Crippen molar-refractivity contribution in [3.63, 3.8) is 0 Å². The molecule has 6 rings (SSSR count). The summed E-state index contributed by atoms with van der Waals surface area (Å²) in [6.45, 7) is 1.60. The zero-order valence-corrected chi connectivity index (χ0v) is 19.6. The fourth-order valence-electron chi connectivity index (χ4n) is 5.11. The average Bonchev–Trinajstić information content (AvgIpc) is 3.35. The highest BCUT2D eigenvalue weighted by Crippen LogP contribution is 2.45. The third kappa shape index (κ3) is 3.17. The molecule has 0 bridgehead atoms. The molecular weight excluding hydrogens is 449 g/mol. The van der Waals surface area contributed by atoms with E-state index in [0.717, 1.165) is 17.0 Å². The molecule has 0 amide bonds. The molecule has 2 aliphatic carbocycles. The van der Waals surface area contributed by atoms with Gasteiger partial charge in [-0.25, -0.2) is 27.8 Å². The van der Waals surface area contributed by atoms with Gasteiger partial charge in [-0.3, -0.25) is 0 Å². The Morgan fingerprint density at radius 3 is 2.56 bits per heavy atom. The Hall–Kier alpha value is -3.19. The number of rotatable bonds is 5. The second-order valence-electron chi connectivity index (χ2n) is 9.25. The van der Waals surface area contributed by atoms with Crippen molar-refractivity contribution in [1.82, 2.24) is 0 Å². The number of nitrogens with zero attached hydrogens (tertiary/aromatic N) is 3. The zero-order chi connectivity index (χ0) is 23.5. The third-order valence-corrected chi connectivity index (χ3v) is 9.16. The molecule has 2 aliphatic heterocycles. The molecule has 34 heavy (non-hydrogen) atoms. The van der Waals surface area contributed by atoms with Crippen molar-refractivity contribution in [3.8, 4) is 11.1 Å². The lowest BCUT2D eigenvalue weighted by atomic mass is 9.72. The Morgan fingerprint density at radius 2 is 1.85 bits per heavy atom. The first-order valence-corrected chi connectivity index (χ1v) is 13.3. The molecule has 2 aromatic rings. The molecule has 1 spiro atoms. The minimum absolute atomic E-state index is 0.0217. The first-order chi connectivity index (χ1) is 16.4. The lowest BCUT2D eigenvalue weighted by Crippen LogP contribution is -2.36. The number of hydrogen-bond acceptors (Lipinski definition) is 5. The van der Waals surface area contributed by atoms with E-state index in [2.05, 4.69) is 28.2 Å². The summed E-state index contributed by atoms with van der Waals surface area (Å²) in [5.74, 6) is 0.682. The number of allylic oxidation sites excluding steroid dienone is 2. The van der Waals surface area contributed by atoms with Crippen LogP contribution in [0, 0.1) is 17.7 Å². The van der Waals surface area contributed by atoms with Crippen LogP contribution in [0.5, 0.6) is 0 Å². The molecule has 5 nitrogen and oxygen atoms in total. The van der Waals surface area contributed by atoms with E-state index in [1.807, 2.05) is 0 Å². The van der Waals surface area contributed by atoms with Crippen LogP contribution in [-0.2, 0) is 9.84 Å². The van der Waals surface area contributed by atoms with Crippen LogP contribution in [0.2, 0.25) is 0 Å². The molecule has 7 heteroatoms. The van der Waals surface area contributed by atoms with E-state index in [9.17, 15) is 12.8 Å². The summed E-state index contributed by atoms with van der Waals surface area (Å²) in [6, 6.07) is 11.3. The summed E-state index contributed by atoms with van der Waals surface area (Å²) in [7, 11) is -3.32. The summed E-state index contributed by atoms with van der Waals surface area (Å²) in [5.41, 5.74) is 3.46. The van der Waals surface area contributed by atoms with Crippen LogP contribution in [0.1, 0.15) is 31.7 Å². The van der Waals surface area contributed by atoms with Gasteiger partial charge in [0.1, 0.15) is 17.9 Å². The minimum Gasteiger partial charge on any atom is -0.250 e. The van der Waals surface area contributed by atoms with Crippen molar-refractivity contribution in [1.29, 1.82) is 0 Å². The second-order valence-corrected chi connectivity index (χ2v) is 11.5. The highest BCUT2D eigenvalue weighted by atomic mass is 32.2. The van der Waals surface area contributed by atoms with Crippen molar-refractivity contribution in [2.75, 3.05) is 5.75 Å². The van der Waals surface area contributed by atoms with E-state index >= 15 is 0 Å². The van der Waals surface area contributed by atoms with Gasteiger partial charge in [0.25, 0.3) is 0 Å². The fraction of sp³-hybridized carbons (Fsp3) is 0.296. The predicted molar refractivity (Wildman–Crippen MR) is 133 cm³/mol. The standard InChI is InChI=1S/C27H24FN3O2S/c1-2-34(32,33)21-9-6-18(7-10-21)22-14-20(8-11-23(22)28)25-26-27(30-16-29-26)13-12-19(15-24(27)31-25)17-4-3-5-17/h6-17,19H,2-5H2,1H3. The van der Waals surface area contributed by atoms with Gasteiger partial charge in [-0.15, -0.1) is 0 Å². The molecule has 1 saturated carbocycles. The van der Waals surface area contributed by atoms with Crippen LogP contribution in [0.4, 0.5) is 4.39 Å². The molecule has 0 N–H and O–H groups in total. The van der Waals surface area contributed by atoms with E-state index in [4.69, 9.17) is 4.99 Å². The fourth-order valence-corrected chi connectivity index (χ4v) is 5.99. The predicted octanol–water partition coefficient (Wildman–Crippen LogP) is 5.18. The highest BCUT2D eigenvalue weighted by Gasteiger charge is 2.49. The lowest BCUT2D eigenvalue weighted by Gasteiger charge is -2.34. The summed E-state index contributed by atoms with van der Waals surface area (Å²) in [4.78, 5) is 14.4. The molecule has 2 unspecified atom stereocenters. The van der Waals surface area contributed by atoms with E-state index < -0.39 is 15.4 Å². The minimum atomic E-state index is -3.32. The van der Waals surface area contributed by atoms with Gasteiger partial charge < -0.3 is 0 Å². The molecule has 2 atom stereocenters. The van der Waals surface area contributed by atoms with E-state index in [0.29, 0.717) is 28.7 Å². The quantitative estimate of drug-likeness (QED) is 0.562. The summed E-state index contributed by atoms with van der Waals surface area (Å²) in [6.07, 6.45) is 12.0. The van der Waals surface area contributed by atoms with Gasteiger partial charge in [-0.05, 0) is 66.6 Å². The van der Waals surface area contributed by atoms with Crippen molar-refractivity contribution < 1.29 is 12.8 Å². The molecule has 1 fully saturated rings. The number of benzene rings is 2. The maximum atomic E-state index is 14.9. The molecule has 0 aromatic heterocycles.